The fourth-order valence-corrected chi connectivity index (χ4v) is 5.00. The van der Waals surface area contributed by atoms with E-state index in [9.17, 15) is 23.1 Å². The lowest BCUT2D eigenvalue weighted by Crippen LogP contribution is -2.38. The van der Waals surface area contributed by atoms with Crippen molar-refractivity contribution in [2.75, 3.05) is 6.54 Å². The minimum absolute atomic E-state index is 0.0725. The molecule has 188 valence electrons. The predicted octanol–water partition coefficient (Wildman–Crippen LogP) is 7.23. The van der Waals surface area contributed by atoms with Crippen LogP contribution < -0.4 is 10.2 Å². The summed E-state index contributed by atoms with van der Waals surface area (Å²) in [5.74, 6) is -2.57. The molecule has 0 bridgehead atoms. The topological polar surface area (TPSA) is 62.9 Å². The number of fused-ring (bicyclic) bond motifs is 2. The van der Waals surface area contributed by atoms with Gasteiger partial charge in [0.1, 0.15) is 17.1 Å². The largest absolute Gasteiger partial charge is 0.507 e. The third kappa shape index (κ3) is 4.53. The third-order valence-electron chi connectivity index (χ3n) is 6.88. The van der Waals surface area contributed by atoms with E-state index in [2.05, 4.69) is 11.8 Å². The molecular formula is C28H26F3NO4. The Morgan fingerprint density at radius 1 is 1.08 bits per heavy atom. The quantitative estimate of drug-likeness (QED) is 0.315. The number of rotatable bonds is 5. The fraction of sp³-hybridized carbons (Fsp3) is 0.321. The molecule has 1 aliphatic heterocycles. The zero-order valence-corrected chi connectivity index (χ0v) is 19.8. The average Bonchev–Trinajstić information content (AvgIpc) is 2.86. The zero-order chi connectivity index (χ0) is 25.4. The first-order valence-corrected chi connectivity index (χ1v) is 12.1. The number of aromatic hydroxyl groups is 1. The number of likely N-dealkylation sites (tertiary alicyclic amines) is 1. The van der Waals surface area contributed by atoms with Gasteiger partial charge < -0.3 is 14.3 Å². The van der Waals surface area contributed by atoms with Gasteiger partial charge in [0.25, 0.3) is 5.76 Å². The van der Waals surface area contributed by atoms with Crippen LogP contribution in [-0.2, 0) is 12.7 Å². The number of benzene rings is 3. The van der Waals surface area contributed by atoms with Crippen molar-refractivity contribution in [3.63, 3.8) is 0 Å². The van der Waals surface area contributed by atoms with E-state index in [1.807, 2.05) is 12.1 Å². The summed E-state index contributed by atoms with van der Waals surface area (Å²) in [6.07, 6.45) is -1.08. The van der Waals surface area contributed by atoms with Crippen LogP contribution in [-0.4, -0.2) is 22.6 Å². The second kappa shape index (κ2) is 9.50. The molecule has 0 radical (unpaired) electrons. The highest BCUT2D eigenvalue weighted by molar-refractivity contribution is 5.85. The molecule has 5 nitrogen and oxygen atoms in total. The van der Waals surface area contributed by atoms with Crippen LogP contribution in [0.1, 0.15) is 43.9 Å². The van der Waals surface area contributed by atoms with E-state index in [1.54, 1.807) is 24.3 Å². The highest BCUT2D eigenvalue weighted by Gasteiger charge is 2.41. The fourth-order valence-electron chi connectivity index (χ4n) is 5.00. The lowest BCUT2D eigenvalue weighted by molar-refractivity contribution is -0.154. The van der Waals surface area contributed by atoms with Crippen molar-refractivity contribution < 1.29 is 27.4 Å². The van der Waals surface area contributed by atoms with Crippen molar-refractivity contribution in [3.8, 4) is 17.2 Å². The van der Waals surface area contributed by atoms with E-state index in [-0.39, 0.29) is 40.6 Å². The number of nitrogens with zero attached hydrogens (tertiary/aromatic N) is 1. The van der Waals surface area contributed by atoms with Crippen molar-refractivity contribution >= 4 is 21.7 Å². The SMILES string of the molecule is CC[C@H]1CCCCN1Cc1c(O)ccc2c(=O)c(Oc3ccc4ccccc4c3)c(C(F)(F)F)oc12. The maximum Gasteiger partial charge on any atom is 0.453 e. The first kappa shape index (κ1) is 24.2. The number of piperidine rings is 1. The number of alkyl halides is 3. The summed E-state index contributed by atoms with van der Waals surface area (Å²) >= 11 is 0. The number of phenolic OH excluding ortho intramolecular Hbond substituents is 1. The lowest BCUT2D eigenvalue weighted by Gasteiger charge is -2.35. The predicted molar refractivity (Wildman–Crippen MR) is 132 cm³/mol. The lowest BCUT2D eigenvalue weighted by atomic mass is 9.98. The number of hydrogen-bond acceptors (Lipinski definition) is 5. The molecule has 1 fully saturated rings. The van der Waals surface area contributed by atoms with Crippen molar-refractivity contribution in [2.45, 2.75) is 51.4 Å². The van der Waals surface area contributed by atoms with Gasteiger partial charge in [-0.3, -0.25) is 9.69 Å². The normalized spacial score (nSPS) is 17.1. The zero-order valence-electron chi connectivity index (χ0n) is 19.8. The Bertz CT molecular complexity index is 1480. The standard InChI is InChI=1S/C28H26F3NO4/c1-2-19-9-5-6-14-32(19)16-22-23(33)13-12-21-24(34)26(27(28(29,30)31)36-25(21)22)35-20-11-10-17-7-3-4-8-18(17)15-20/h3-4,7-8,10-13,15,19,33H,2,5-6,9,14,16H2,1H3/t19-/m0/s1. The van der Waals surface area contributed by atoms with Crippen LogP contribution in [0.15, 0.2) is 63.8 Å². The first-order chi connectivity index (χ1) is 17.3. The molecule has 1 aromatic heterocycles. The summed E-state index contributed by atoms with van der Waals surface area (Å²) in [7, 11) is 0. The Morgan fingerprint density at radius 2 is 1.86 bits per heavy atom. The number of hydrogen-bond donors (Lipinski definition) is 1. The van der Waals surface area contributed by atoms with Crippen LogP contribution >= 0.6 is 0 Å². The Morgan fingerprint density at radius 3 is 2.61 bits per heavy atom. The Hall–Kier alpha value is -3.52. The van der Waals surface area contributed by atoms with Crippen LogP contribution in [0.4, 0.5) is 13.2 Å². The van der Waals surface area contributed by atoms with Crippen LogP contribution in [0.3, 0.4) is 0 Å². The molecule has 5 rings (SSSR count). The van der Waals surface area contributed by atoms with Crippen LogP contribution in [0.5, 0.6) is 17.2 Å². The first-order valence-electron chi connectivity index (χ1n) is 12.1. The summed E-state index contributed by atoms with van der Waals surface area (Å²) in [6, 6.07) is 15.0. The van der Waals surface area contributed by atoms with Gasteiger partial charge >= 0.3 is 6.18 Å². The van der Waals surface area contributed by atoms with E-state index < -0.39 is 23.1 Å². The molecule has 36 heavy (non-hydrogen) atoms. The monoisotopic (exact) mass is 497 g/mol. The van der Waals surface area contributed by atoms with Gasteiger partial charge in [0, 0.05) is 12.6 Å². The molecule has 0 saturated carbocycles. The minimum atomic E-state index is -4.99. The van der Waals surface area contributed by atoms with Gasteiger partial charge in [-0.25, -0.2) is 0 Å². The number of phenols is 1. The summed E-state index contributed by atoms with van der Waals surface area (Å²) in [6.45, 7) is 3.00. The van der Waals surface area contributed by atoms with Crippen LogP contribution in [0, 0.1) is 0 Å². The van der Waals surface area contributed by atoms with Gasteiger partial charge in [-0.1, -0.05) is 43.7 Å². The molecule has 3 aromatic carbocycles. The van der Waals surface area contributed by atoms with E-state index in [0.29, 0.717) is 0 Å². The van der Waals surface area contributed by atoms with Gasteiger partial charge in [0.15, 0.2) is 0 Å². The molecular weight excluding hydrogens is 471 g/mol. The third-order valence-corrected chi connectivity index (χ3v) is 6.88. The smallest absolute Gasteiger partial charge is 0.453 e. The molecule has 2 heterocycles. The minimum Gasteiger partial charge on any atom is -0.507 e. The molecule has 1 atom stereocenters. The molecule has 4 aromatic rings. The second-order valence-corrected chi connectivity index (χ2v) is 9.17. The van der Waals surface area contributed by atoms with E-state index >= 15 is 0 Å². The van der Waals surface area contributed by atoms with Crippen LogP contribution in [0.25, 0.3) is 21.7 Å². The highest BCUT2D eigenvalue weighted by Crippen LogP contribution is 2.40. The van der Waals surface area contributed by atoms with Gasteiger partial charge in [0.2, 0.25) is 11.2 Å². The molecule has 1 saturated heterocycles. The van der Waals surface area contributed by atoms with Crippen molar-refractivity contribution in [1.29, 1.82) is 0 Å². The molecule has 0 aliphatic carbocycles. The van der Waals surface area contributed by atoms with Crippen LogP contribution in [0.2, 0.25) is 0 Å². The summed E-state index contributed by atoms with van der Waals surface area (Å²) < 4.78 is 53.3. The van der Waals surface area contributed by atoms with Crippen molar-refractivity contribution in [1.82, 2.24) is 4.90 Å². The van der Waals surface area contributed by atoms with Gasteiger partial charge in [-0.15, -0.1) is 0 Å². The van der Waals surface area contributed by atoms with E-state index in [1.165, 1.54) is 18.2 Å². The maximum atomic E-state index is 14.1. The average molecular weight is 498 g/mol. The highest BCUT2D eigenvalue weighted by atomic mass is 19.4. The molecule has 0 spiro atoms. The number of ether oxygens (including phenoxy) is 1. The molecule has 0 amide bonds. The summed E-state index contributed by atoms with van der Waals surface area (Å²) in [5.41, 5.74) is -1.03. The van der Waals surface area contributed by atoms with Gasteiger partial charge in [0.05, 0.1) is 10.9 Å². The van der Waals surface area contributed by atoms with Crippen molar-refractivity contribution in [2.24, 2.45) is 0 Å². The second-order valence-electron chi connectivity index (χ2n) is 9.17. The molecule has 8 heteroatoms. The van der Waals surface area contributed by atoms with E-state index in [4.69, 9.17) is 9.15 Å². The maximum absolute atomic E-state index is 14.1. The van der Waals surface area contributed by atoms with E-state index in [0.717, 1.165) is 43.0 Å². The Balaban J connectivity index is 1.64. The van der Waals surface area contributed by atoms with Gasteiger partial charge in [-0.05, 0) is 60.8 Å². The number of halogens is 3. The van der Waals surface area contributed by atoms with Gasteiger partial charge in [-0.2, -0.15) is 13.2 Å². The Kier molecular flexibility index (Phi) is 6.38. The summed E-state index contributed by atoms with van der Waals surface area (Å²) in [5, 5.41) is 12.2. The molecule has 1 aliphatic rings. The molecule has 1 N–H and O–H groups in total. The Labute approximate surface area is 205 Å². The summed E-state index contributed by atoms with van der Waals surface area (Å²) in [4.78, 5) is 15.5. The molecule has 0 unspecified atom stereocenters. The van der Waals surface area contributed by atoms with Crippen molar-refractivity contribution in [3.05, 3.63) is 76.1 Å².